The molecule has 0 aliphatic carbocycles. The van der Waals surface area contributed by atoms with E-state index in [9.17, 15) is 25.2 Å². The Labute approximate surface area is 129 Å². The van der Waals surface area contributed by atoms with Crippen molar-refractivity contribution in [1.29, 1.82) is 0 Å². The third-order valence-electron chi connectivity index (χ3n) is 3.38. The van der Waals surface area contributed by atoms with E-state index in [0.29, 0.717) is 5.56 Å². The first kappa shape index (κ1) is 14.6. The van der Waals surface area contributed by atoms with Crippen molar-refractivity contribution in [2.24, 2.45) is 0 Å². The van der Waals surface area contributed by atoms with E-state index in [1.54, 1.807) is 0 Å². The quantitative estimate of drug-likeness (QED) is 0.535. The predicted molar refractivity (Wildman–Crippen MR) is 81.1 cm³/mol. The Kier molecular flexibility index (Phi) is 3.25. The van der Waals surface area contributed by atoms with Crippen LogP contribution in [0.1, 0.15) is 0 Å². The van der Waals surface area contributed by atoms with Crippen molar-refractivity contribution in [3.8, 4) is 40.1 Å². The summed E-state index contributed by atoms with van der Waals surface area (Å²) in [6.07, 6.45) is 0. The Morgan fingerprint density at radius 2 is 1.65 bits per heavy atom. The number of hydrogen-bond donors (Lipinski definition) is 4. The zero-order valence-electron chi connectivity index (χ0n) is 11.9. The lowest BCUT2D eigenvalue weighted by molar-refractivity contribution is 0.367. The average Bonchev–Trinajstić information content (AvgIpc) is 2.49. The fourth-order valence-corrected chi connectivity index (χ4v) is 2.30. The van der Waals surface area contributed by atoms with Gasteiger partial charge >= 0.3 is 0 Å². The molecule has 3 aromatic rings. The third-order valence-corrected chi connectivity index (χ3v) is 3.38. The molecule has 0 bridgehead atoms. The van der Waals surface area contributed by atoms with E-state index in [4.69, 9.17) is 9.15 Å². The highest BCUT2D eigenvalue weighted by atomic mass is 16.5. The molecular weight excluding hydrogens is 304 g/mol. The predicted octanol–water partition coefficient (Wildman–Crippen LogP) is 2.29. The largest absolute Gasteiger partial charge is 0.507 e. The number of aromatic hydroxyl groups is 4. The highest BCUT2D eigenvalue weighted by Crippen LogP contribution is 2.40. The van der Waals surface area contributed by atoms with E-state index in [1.807, 2.05) is 0 Å². The summed E-state index contributed by atoms with van der Waals surface area (Å²) in [7, 11) is 1.28. The van der Waals surface area contributed by atoms with Crippen molar-refractivity contribution in [3.05, 3.63) is 40.6 Å². The van der Waals surface area contributed by atoms with Crippen LogP contribution in [0.4, 0.5) is 0 Å². The molecule has 0 fully saturated rings. The van der Waals surface area contributed by atoms with Gasteiger partial charge in [-0.2, -0.15) is 0 Å². The fraction of sp³-hybridized carbons (Fsp3) is 0.0625. The monoisotopic (exact) mass is 316 g/mol. The molecule has 3 rings (SSSR count). The minimum Gasteiger partial charge on any atom is -0.507 e. The van der Waals surface area contributed by atoms with Crippen LogP contribution in [0.2, 0.25) is 0 Å². The summed E-state index contributed by atoms with van der Waals surface area (Å²) >= 11 is 0. The number of fused-ring (bicyclic) bond motifs is 1. The molecule has 118 valence electrons. The number of methoxy groups -OCH3 is 1. The van der Waals surface area contributed by atoms with Gasteiger partial charge in [0.05, 0.1) is 7.11 Å². The topological polar surface area (TPSA) is 120 Å². The lowest BCUT2D eigenvalue weighted by Crippen LogP contribution is -2.02. The summed E-state index contributed by atoms with van der Waals surface area (Å²) in [4.78, 5) is 12.3. The Bertz CT molecular complexity index is 972. The standard InChI is InChI=1S/C16H12O7/c1-22-15-12(21)5-10(19)14-11(20)6-13(23-16(14)15)7-2-3-8(17)9(18)4-7/h2-6,17-19,21H,1H3. The van der Waals surface area contributed by atoms with Crippen LogP contribution < -0.4 is 10.2 Å². The number of ether oxygens (including phenoxy) is 1. The first-order valence-corrected chi connectivity index (χ1v) is 6.51. The minimum atomic E-state index is -0.551. The maximum Gasteiger partial charge on any atom is 0.204 e. The molecule has 1 aromatic heterocycles. The summed E-state index contributed by atoms with van der Waals surface area (Å²) in [6.45, 7) is 0. The van der Waals surface area contributed by atoms with Crippen LogP contribution in [0, 0.1) is 0 Å². The van der Waals surface area contributed by atoms with E-state index in [1.165, 1.54) is 25.3 Å². The first-order valence-electron chi connectivity index (χ1n) is 6.51. The van der Waals surface area contributed by atoms with Gasteiger partial charge in [-0.05, 0) is 18.2 Å². The maximum absolute atomic E-state index is 12.3. The van der Waals surface area contributed by atoms with Gasteiger partial charge < -0.3 is 29.6 Å². The molecule has 0 saturated heterocycles. The van der Waals surface area contributed by atoms with Crippen molar-refractivity contribution < 1.29 is 29.6 Å². The summed E-state index contributed by atoms with van der Waals surface area (Å²) in [5.74, 6) is -1.54. The van der Waals surface area contributed by atoms with Crippen molar-refractivity contribution in [2.45, 2.75) is 0 Å². The highest BCUT2D eigenvalue weighted by molar-refractivity contribution is 5.91. The van der Waals surface area contributed by atoms with Crippen molar-refractivity contribution in [3.63, 3.8) is 0 Å². The Morgan fingerprint density at radius 3 is 2.30 bits per heavy atom. The number of rotatable bonds is 2. The molecule has 0 amide bonds. The van der Waals surface area contributed by atoms with Crippen LogP contribution in [-0.2, 0) is 0 Å². The van der Waals surface area contributed by atoms with E-state index < -0.39 is 11.2 Å². The molecule has 0 unspecified atom stereocenters. The number of phenols is 4. The highest BCUT2D eigenvalue weighted by Gasteiger charge is 2.19. The molecule has 0 radical (unpaired) electrons. The van der Waals surface area contributed by atoms with Crippen LogP contribution in [0.15, 0.2) is 39.5 Å². The normalized spacial score (nSPS) is 10.8. The molecule has 0 spiro atoms. The molecule has 0 aliphatic heterocycles. The van der Waals surface area contributed by atoms with E-state index in [-0.39, 0.29) is 39.7 Å². The number of benzene rings is 2. The van der Waals surface area contributed by atoms with Crippen LogP contribution in [0.5, 0.6) is 28.7 Å². The molecule has 23 heavy (non-hydrogen) atoms. The molecule has 1 heterocycles. The summed E-state index contributed by atoms with van der Waals surface area (Å²) in [6, 6.07) is 6.02. The van der Waals surface area contributed by atoms with Gasteiger partial charge in [0.15, 0.2) is 28.3 Å². The number of hydrogen-bond acceptors (Lipinski definition) is 7. The molecule has 0 saturated carbocycles. The van der Waals surface area contributed by atoms with Crippen molar-refractivity contribution >= 4 is 11.0 Å². The zero-order valence-corrected chi connectivity index (χ0v) is 11.9. The van der Waals surface area contributed by atoms with Crippen molar-refractivity contribution in [1.82, 2.24) is 0 Å². The van der Waals surface area contributed by atoms with Gasteiger partial charge in [-0.15, -0.1) is 0 Å². The van der Waals surface area contributed by atoms with Gasteiger partial charge in [-0.1, -0.05) is 0 Å². The lowest BCUT2D eigenvalue weighted by Gasteiger charge is -2.10. The molecule has 0 atom stereocenters. The Morgan fingerprint density at radius 1 is 0.913 bits per heavy atom. The van der Waals surface area contributed by atoms with Crippen LogP contribution in [0.3, 0.4) is 0 Å². The molecule has 0 aliphatic rings. The van der Waals surface area contributed by atoms with Gasteiger partial charge in [0, 0.05) is 17.7 Å². The summed E-state index contributed by atoms with van der Waals surface area (Å²) in [5.41, 5.74) is -0.353. The van der Waals surface area contributed by atoms with Crippen LogP contribution in [0.25, 0.3) is 22.3 Å². The first-order chi connectivity index (χ1) is 10.9. The van der Waals surface area contributed by atoms with Gasteiger partial charge in [0.2, 0.25) is 5.75 Å². The van der Waals surface area contributed by atoms with Crippen molar-refractivity contribution in [2.75, 3.05) is 7.11 Å². The smallest absolute Gasteiger partial charge is 0.204 e. The van der Waals surface area contributed by atoms with Crippen LogP contribution >= 0.6 is 0 Å². The second-order valence-corrected chi connectivity index (χ2v) is 4.83. The van der Waals surface area contributed by atoms with E-state index in [2.05, 4.69) is 0 Å². The van der Waals surface area contributed by atoms with Gasteiger partial charge in [-0.25, -0.2) is 0 Å². The third kappa shape index (κ3) is 2.28. The van der Waals surface area contributed by atoms with E-state index in [0.717, 1.165) is 12.1 Å². The lowest BCUT2D eigenvalue weighted by atomic mass is 10.1. The second kappa shape index (κ2) is 5.13. The second-order valence-electron chi connectivity index (χ2n) is 4.83. The van der Waals surface area contributed by atoms with E-state index >= 15 is 0 Å². The summed E-state index contributed by atoms with van der Waals surface area (Å²) < 4.78 is 10.6. The zero-order chi connectivity index (χ0) is 16.7. The molecule has 7 heteroatoms. The minimum absolute atomic E-state index is 0.0705. The Balaban J connectivity index is 2.36. The number of phenolic OH excluding ortho intramolecular Hbond substituents is 4. The maximum atomic E-state index is 12.3. The molecule has 4 N–H and O–H groups in total. The SMILES string of the molecule is COc1c(O)cc(O)c2c(=O)cc(-c3ccc(O)c(O)c3)oc12. The molecule has 2 aromatic carbocycles. The Hall–Kier alpha value is -3.35. The van der Waals surface area contributed by atoms with Gasteiger partial charge in [-0.3, -0.25) is 4.79 Å². The van der Waals surface area contributed by atoms with Crippen LogP contribution in [-0.4, -0.2) is 27.5 Å². The fourth-order valence-electron chi connectivity index (χ4n) is 2.30. The van der Waals surface area contributed by atoms with Gasteiger partial charge in [0.1, 0.15) is 16.9 Å². The summed E-state index contributed by atoms with van der Waals surface area (Å²) in [5, 5.41) is 38.4. The molecule has 7 nitrogen and oxygen atoms in total. The molecular formula is C16H12O7. The average molecular weight is 316 g/mol. The van der Waals surface area contributed by atoms with Gasteiger partial charge in [0.25, 0.3) is 0 Å².